The molecular formula is C8H15IN2. The summed E-state index contributed by atoms with van der Waals surface area (Å²) in [7, 11) is 0. The molecule has 0 aromatic heterocycles. The van der Waals surface area contributed by atoms with Crippen LogP contribution in [0, 0.1) is 0 Å². The fraction of sp³-hybridized carbons (Fsp3) is 0.750. The van der Waals surface area contributed by atoms with E-state index in [0.29, 0.717) is 0 Å². The predicted molar refractivity (Wildman–Crippen MR) is 56.8 cm³/mol. The van der Waals surface area contributed by atoms with Crippen molar-refractivity contribution in [3.8, 4) is 0 Å². The minimum atomic E-state index is 1.13. The van der Waals surface area contributed by atoms with Gasteiger partial charge in [-0.15, -0.1) is 6.58 Å². The van der Waals surface area contributed by atoms with Gasteiger partial charge in [0.25, 0.3) is 0 Å². The first kappa shape index (κ1) is 9.48. The number of piperazine rings is 1. The quantitative estimate of drug-likeness (QED) is 0.434. The van der Waals surface area contributed by atoms with Crippen LogP contribution in [0.1, 0.15) is 6.42 Å². The van der Waals surface area contributed by atoms with Gasteiger partial charge in [0.1, 0.15) is 0 Å². The lowest BCUT2D eigenvalue weighted by Crippen LogP contribution is -2.42. The van der Waals surface area contributed by atoms with Crippen LogP contribution in [0.15, 0.2) is 12.7 Å². The van der Waals surface area contributed by atoms with Crippen molar-refractivity contribution in [1.82, 2.24) is 8.01 Å². The first-order valence-electron chi connectivity index (χ1n) is 4.07. The van der Waals surface area contributed by atoms with Crippen LogP contribution in [-0.2, 0) is 0 Å². The van der Waals surface area contributed by atoms with Crippen LogP contribution in [0.2, 0.25) is 0 Å². The van der Waals surface area contributed by atoms with E-state index in [1.807, 2.05) is 6.08 Å². The van der Waals surface area contributed by atoms with Gasteiger partial charge in [-0.2, -0.15) is 0 Å². The number of rotatable bonds is 3. The highest BCUT2D eigenvalue weighted by Crippen LogP contribution is 2.06. The van der Waals surface area contributed by atoms with E-state index in [4.69, 9.17) is 0 Å². The summed E-state index contributed by atoms with van der Waals surface area (Å²) in [6, 6.07) is 0. The summed E-state index contributed by atoms with van der Waals surface area (Å²) in [5, 5.41) is 0. The molecule has 0 amide bonds. The highest BCUT2D eigenvalue weighted by Gasteiger charge is 2.12. The van der Waals surface area contributed by atoms with E-state index in [1.165, 1.54) is 32.7 Å². The van der Waals surface area contributed by atoms with E-state index in [-0.39, 0.29) is 0 Å². The topological polar surface area (TPSA) is 6.48 Å². The Hall–Kier alpha value is 0.390. The second kappa shape index (κ2) is 5.11. The fourth-order valence-corrected chi connectivity index (χ4v) is 1.65. The highest BCUT2D eigenvalue weighted by atomic mass is 127. The van der Waals surface area contributed by atoms with Crippen LogP contribution in [0.25, 0.3) is 0 Å². The third-order valence-corrected chi connectivity index (χ3v) is 2.93. The molecule has 11 heavy (non-hydrogen) atoms. The van der Waals surface area contributed by atoms with E-state index in [0.717, 1.165) is 6.42 Å². The van der Waals surface area contributed by atoms with Crippen molar-refractivity contribution in [2.75, 3.05) is 32.7 Å². The number of hydrogen-bond acceptors (Lipinski definition) is 2. The molecule has 0 atom stereocenters. The van der Waals surface area contributed by atoms with Gasteiger partial charge in [-0.1, -0.05) is 6.08 Å². The average Bonchev–Trinajstić information content (AvgIpc) is 2.04. The summed E-state index contributed by atoms with van der Waals surface area (Å²) in [6.07, 6.45) is 3.12. The molecule has 1 rings (SSSR count). The fourth-order valence-electron chi connectivity index (χ4n) is 1.22. The van der Waals surface area contributed by atoms with Gasteiger partial charge in [-0.3, -0.25) is 0 Å². The zero-order valence-electron chi connectivity index (χ0n) is 6.80. The van der Waals surface area contributed by atoms with Gasteiger partial charge in [-0.05, 0) is 6.42 Å². The van der Waals surface area contributed by atoms with E-state index >= 15 is 0 Å². The molecule has 2 nitrogen and oxygen atoms in total. The van der Waals surface area contributed by atoms with Crippen LogP contribution in [0.4, 0.5) is 0 Å². The van der Waals surface area contributed by atoms with Gasteiger partial charge in [-0.25, -0.2) is 3.11 Å². The van der Waals surface area contributed by atoms with Crippen LogP contribution < -0.4 is 0 Å². The van der Waals surface area contributed by atoms with Crippen molar-refractivity contribution in [3.63, 3.8) is 0 Å². The van der Waals surface area contributed by atoms with Gasteiger partial charge in [0.15, 0.2) is 0 Å². The van der Waals surface area contributed by atoms with E-state index in [2.05, 4.69) is 37.5 Å². The molecule has 0 N–H and O–H groups in total. The Morgan fingerprint density at radius 2 is 1.91 bits per heavy atom. The Morgan fingerprint density at radius 3 is 2.45 bits per heavy atom. The normalized spacial score (nSPS) is 21.9. The molecule has 1 aliphatic heterocycles. The zero-order valence-corrected chi connectivity index (χ0v) is 8.96. The molecule has 1 aliphatic rings. The molecule has 0 unspecified atom stereocenters. The summed E-state index contributed by atoms with van der Waals surface area (Å²) >= 11 is 2.39. The van der Waals surface area contributed by atoms with Gasteiger partial charge in [0.05, 0.1) is 0 Å². The van der Waals surface area contributed by atoms with Crippen molar-refractivity contribution >= 4 is 22.9 Å². The summed E-state index contributed by atoms with van der Waals surface area (Å²) in [4.78, 5) is 2.50. The molecule has 0 aliphatic carbocycles. The lowest BCUT2D eigenvalue weighted by molar-refractivity contribution is 0.209. The molecule has 1 saturated heterocycles. The molecule has 0 radical (unpaired) electrons. The molecule has 3 heteroatoms. The lowest BCUT2D eigenvalue weighted by atomic mass is 10.3. The molecule has 1 heterocycles. The van der Waals surface area contributed by atoms with Crippen molar-refractivity contribution in [1.29, 1.82) is 0 Å². The Kier molecular flexibility index (Phi) is 4.40. The standard InChI is InChI=1S/C8H15IN2/c1-2-3-4-10-5-7-11(9)8-6-10/h2H,1,3-8H2. The number of halogens is 1. The van der Waals surface area contributed by atoms with Crippen LogP contribution in [-0.4, -0.2) is 40.7 Å². The summed E-state index contributed by atoms with van der Waals surface area (Å²) in [5.74, 6) is 0. The minimum absolute atomic E-state index is 1.13. The Labute approximate surface area is 82.7 Å². The molecule has 0 spiro atoms. The highest BCUT2D eigenvalue weighted by molar-refractivity contribution is 14.1. The molecule has 0 aromatic carbocycles. The molecule has 64 valence electrons. The van der Waals surface area contributed by atoms with Crippen LogP contribution in [0.5, 0.6) is 0 Å². The zero-order chi connectivity index (χ0) is 8.10. The van der Waals surface area contributed by atoms with Gasteiger partial charge >= 0.3 is 0 Å². The largest absolute Gasteiger partial charge is 0.300 e. The van der Waals surface area contributed by atoms with Crippen molar-refractivity contribution in [2.24, 2.45) is 0 Å². The third-order valence-electron chi connectivity index (χ3n) is 1.97. The average molecular weight is 266 g/mol. The lowest BCUT2D eigenvalue weighted by Gasteiger charge is -2.30. The van der Waals surface area contributed by atoms with Crippen molar-refractivity contribution < 1.29 is 0 Å². The number of hydrogen-bond donors (Lipinski definition) is 0. The van der Waals surface area contributed by atoms with E-state index in [1.54, 1.807) is 0 Å². The second-order valence-electron chi connectivity index (χ2n) is 2.83. The Bertz CT molecular complexity index is 119. The summed E-state index contributed by atoms with van der Waals surface area (Å²) in [6.45, 7) is 9.76. The maximum atomic E-state index is 3.72. The summed E-state index contributed by atoms with van der Waals surface area (Å²) in [5.41, 5.74) is 0. The van der Waals surface area contributed by atoms with E-state index in [9.17, 15) is 0 Å². The Balaban J connectivity index is 2.12. The van der Waals surface area contributed by atoms with Crippen LogP contribution in [0.3, 0.4) is 0 Å². The predicted octanol–water partition coefficient (Wildman–Crippen LogP) is 1.53. The molecule has 0 bridgehead atoms. The molecule has 1 fully saturated rings. The van der Waals surface area contributed by atoms with E-state index < -0.39 is 0 Å². The van der Waals surface area contributed by atoms with Crippen molar-refractivity contribution in [3.05, 3.63) is 12.7 Å². The Morgan fingerprint density at radius 1 is 1.27 bits per heavy atom. The molecule has 0 saturated carbocycles. The third kappa shape index (κ3) is 3.53. The summed E-state index contributed by atoms with van der Waals surface area (Å²) < 4.78 is 2.35. The second-order valence-corrected chi connectivity index (χ2v) is 4.19. The molecular weight excluding hydrogens is 251 g/mol. The van der Waals surface area contributed by atoms with Crippen molar-refractivity contribution in [2.45, 2.75) is 6.42 Å². The van der Waals surface area contributed by atoms with Gasteiger partial charge < -0.3 is 4.90 Å². The van der Waals surface area contributed by atoms with Gasteiger partial charge in [0, 0.05) is 55.6 Å². The minimum Gasteiger partial charge on any atom is -0.300 e. The smallest absolute Gasteiger partial charge is 0.0209 e. The monoisotopic (exact) mass is 266 g/mol. The maximum absolute atomic E-state index is 3.72. The maximum Gasteiger partial charge on any atom is 0.0209 e. The first-order chi connectivity index (χ1) is 5.33. The van der Waals surface area contributed by atoms with Crippen LogP contribution >= 0.6 is 22.9 Å². The SMILES string of the molecule is C=CCCN1CCN(I)CC1. The number of nitrogens with zero attached hydrogens (tertiary/aromatic N) is 2. The molecule has 0 aromatic rings. The van der Waals surface area contributed by atoms with Gasteiger partial charge in [0.2, 0.25) is 0 Å². The first-order valence-corrected chi connectivity index (χ1v) is 5.03.